The minimum atomic E-state index is -4.07. The van der Waals surface area contributed by atoms with Crippen LogP contribution in [0.1, 0.15) is 47.0 Å². The number of piperazine rings is 1. The van der Waals surface area contributed by atoms with Crippen LogP contribution in [0.5, 0.6) is 0 Å². The number of nitrogens with one attached hydrogen (secondary N) is 1. The largest absolute Gasteiger partial charge is 0.390 e. The van der Waals surface area contributed by atoms with E-state index in [2.05, 4.69) is 19.2 Å². The van der Waals surface area contributed by atoms with E-state index in [0.29, 0.717) is 6.54 Å². The van der Waals surface area contributed by atoms with Crippen molar-refractivity contribution in [2.24, 2.45) is 0 Å². The second-order valence-electron chi connectivity index (χ2n) is 5.96. The van der Waals surface area contributed by atoms with Gasteiger partial charge in [-0.2, -0.15) is 13.2 Å². The van der Waals surface area contributed by atoms with Crippen molar-refractivity contribution in [3.63, 3.8) is 0 Å². The van der Waals surface area contributed by atoms with Crippen LogP contribution in [0, 0.1) is 0 Å². The van der Waals surface area contributed by atoms with E-state index in [0.717, 1.165) is 19.4 Å². The molecule has 0 saturated carbocycles. The van der Waals surface area contributed by atoms with Crippen LogP contribution in [0.3, 0.4) is 0 Å². The highest BCUT2D eigenvalue weighted by Gasteiger charge is 2.42. The zero-order valence-electron chi connectivity index (χ0n) is 11.8. The lowest BCUT2D eigenvalue weighted by molar-refractivity contribution is -0.144. The highest BCUT2D eigenvalue weighted by molar-refractivity contribution is 5.01. The van der Waals surface area contributed by atoms with E-state index in [-0.39, 0.29) is 17.6 Å². The fourth-order valence-electron chi connectivity index (χ4n) is 2.74. The molecular formula is C13H25F3N2. The molecule has 1 aliphatic rings. The van der Waals surface area contributed by atoms with Crippen molar-refractivity contribution in [1.82, 2.24) is 10.2 Å². The third kappa shape index (κ3) is 3.85. The van der Waals surface area contributed by atoms with Crippen molar-refractivity contribution in [3.05, 3.63) is 0 Å². The SMILES string of the molecule is CCC1(CC)CNC(C)(C)CN1CCC(F)(F)F. The first-order chi connectivity index (χ1) is 8.14. The van der Waals surface area contributed by atoms with Crippen molar-refractivity contribution in [2.45, 2.75) is 64.2 Å². The number of alkyl halides is 3. The third-order valence-electron chi connectivity index (χ3n) is 4.13. The standard InChI is InChI=1S/C13H25F3N2/c1-5-12(6-2)9-17-11(3,4)10-18(12)8-7-13(14,15)16/h17H,5-10H2,1-4H3. The van der Waals surface area contributed by atoms with E-state index < -0.39 is 12.6 Å². The number of halogens is 3. The summed E-state index contributed by atoms with van der Waals surface area (Å²) in [6.45, 7) is 9.76. The summed E-state index contributed by atoms with van der Waals surface area (Å²) in [5.41, 5.74) is -0.236. The molecule has 108 valence electrons. The van der Waals surface area contributed by atoms with Crippen molar-refractivity contribution >= 4 is 0 Å². The molecule has 0 aliphatic carbocycles. The molecule has 2 nitrogen and oxygen atoms in total. The molecule has 0 amide bonds. The lowest BCUT2D eigenvalue weighted by atomic mass is 9.84. The molecule has 1 saturated heterocycles. The fourth-order valence-corrected chi connectivity index (χ4v) is 2.74. The van der Waals surface area contributed by atoms with Gasteiger partial charge in [0, 0.05) is 30.7 Å². The van der Waals surface area contributed by atoms with Crippen molar-refractivity contribution < 1.29 is 13.2 Å². The van der Waals surface area contributed by atoms with E-state index in [1.165, 1.54) is 0 Å². The number of nitrogens with zero attached hydrogens (tertiary/aromatic N) is 1. The monoisotopic (exact) mass is 266 g/mol. The second kappa shape index (κ2) is 5.37. The Morgan fingerprint density at radius 1 is 1.17 bits per heavy atom. The maximum absolute atomic E-state index is 12.4. The fraction of sp³-hybridized carbons (Fsp3) is 1.00. The Hall–Kier alpha value is -0.290. The minimum Gasteiger partial charge on any atom is -0.309 e. The summed E-state index contributed by atoms with van der Waals surface area (Å²) in [5.74, 6) is 0. The van der Waals surface area contributed by atoms with Crippen molar-refractivity contribution in [1.29, 1.82) is 0 Å². The zero-order chi connectivity index (χ0) is 14.0. The summed E-state index contributed by atoms with van der Waals surface area (Å²) >= 11 is 0. The Kier molecular flexibility index (Phi) is 4.70. The average molecular weight is 266 g/mol. The van der Waals surface area contributed by atoms with Gasteiger partial charge in [0.1, 0.15) is 0 Å². The molecule has 0 aromatic rings. The Labute approximate surface area is 108 Å². The van der Waals surface area contributed by atoms with Crippen LogP contribution < -0.4 is 5.32 Å². The molecule has 1 heterocycles. The lowest BCUT2D eigenvalue weighted by Crippen LogP contribution is -2.68. The Morgan fingerprint density at radius 2 is 1.72 bits per heavy atom. The van der Waals surface area contributed by atoms with Gasteiger partial charge < -0.3 is 5.32 Å². The Bertz CT molecular complexity index is 270. The van der Waals surface area contributed by atoms with Crippen LogP contribution in [0.4, 0.5) is 13.2 Å². The normalized spacial score (nSPS) is 24.2. The summed E-state index contributed by atoms with van der Waals surface area (Å²) in [6.07, 6.45) is -3.03. The molecule has 0 aromatic carbocycles. The first-order valence-electron chi connectivity index (χ1n) is 6.71. The first-order valence-corrected chi connectivity index (χ1v) is 6.71. The maximum Gasteiger partial charge on any atom is 0.390 e. The van der Waals surface area contributed by atoms with Crippen LogP contribution in [-0.2, 0) is 0 Å². The van der Waals surface area contributed by atoms with E-state index in [1.807, 2.05) is 18.7 Å². The van der Waals surface area contributed by atoms with Crippen LogP contribution in [0.25, 0.3) is 0 Å². The Morgan fingerprint density at radius 3 is 2.17 bits per heavy atom. The van der Waals surface area contributed by atoms with Crippen molar-refractivity contribution in [3.8, 4) is 0 Å². The summed E-state index contributed by atoms with van der Waals surface area (Å²) < 4.78 is 37.3. The third-order valence-corrected chi connectivity index (χ3v) is 4.13. The minimum absolute atomic E-state index is 0.107. The molecule has 1 N–H and O–H groups in total. The molecule has 1 rings (SSSR count). The molecule has 0 aromatic heterocycles. The van der Waals surface area contributed by atoms with Gasteiger partial charge in [0.2, 0.25) is 0 Å². The topological polar surface area (TPSA) is 15.3 Å². The smallest absolute Gasteiger partial charge is 0.309 e. The lowest BCUT2D eigenvalue weighted by Gasteiger charge is -2.52. The Balaban J connectivity index is 2.78. The molecule has 1 aliphatic heterocycles. The van der Waals surface area contributed by atoms with Gasteiger partial charge in [-0.15, -0.1) is 0 Å². The number of rotatable bonds is 4. The second-order valence-corrected chi connectivity index (χ2v) is 5.96. The van der Waals surface area contributed by atoms with Crippen LogP contribution in [0.2, 0.25) is 0 Å². The van der Waals surface area contributed by atoms with E-state index >= 15 is 0 Å². The van der Waals surface area contributed by atoms with Gasteiger partial charge in [0.15, 0.2) is 0 Å². The molecule has 0 atom stereocenters. The quantitative estimate of drug-likeness (QED) is 0.840. The van der Waals surface area contributed by atoms with Gasteiger partial charge in [-0.1, -0.05) is 13.8 Å². The van der Waals surface area contributed by atoms with Crippen LogP contribution in [-0.4, -0.2) is 41.8 Å². The highest BCUT2D eigenvalue weighted by atomic mass is 19.4. The molecular weight excluding hydrogens is 241 g/mol. The molecule has 18 heavy (non-hydrogen) atoms. The summed E-state index contributed by atoms with van der Waals surface area (Å²) in [6, 6.07) is 0. The predicted molar refractivity (Wildman–Crippen MR) is 67.6 cm³/mol. The molecule has 0 bridgehead atoms. The number of hydrogen-bond acceptors (Lipinski definition) is 2. The molecule has 0 unspecified atom stereocenters. The van der Waals surface area contributed by atoms with Gasteiger partial charge in [0.05, 0.1) is 6.42 Å². The van der Waals surface area contributed by atoms with Crippen LogP contribution in [0.15, 0.2) is 0 Å². The zero-order valence-corrected chi connectivity index (χ0v) is 11.8. The number of hydrogen-bond donors (Lipinski definition) is 1. The van der Waals surface area contributed by atoms with E-state index in [4.69, 9.17) is 0 Å². The van der Waals surface area contributed by atoms with Crippen molar-refractivity contribution in [2.75, 3.05) is 19.6 Å². The summed E-state index contributed by atoms with van der Waals surface area (Å²) in [4.78, 5) is 2.04. The molecule has 1 fully saturated rings. The molecule has 5 heteroatoms. The first kappa shape index (κ1) is 15.8. The molecule has 0 spiro atoms. The average Bonchev–Trinajstić information content (AvgIpc) is 2.25. The highest BCUT2D eigenvalue weighted by Crippen LogP contribution is 2.31. The van der Waals surface area contributed by atoms with Gasteiger partial charge in [-0.05, 0) is 26.7 Å². The van der Waals surface area contributed by atoms with Gasteiger partial charge in [0.25, 0.3) is 0 Å². The summed E-state index contributed by atoms with van der Waals surface area (Å²) in [5, 5.41) is 3.46. The van der Waals surface area contributed by atoms with Crippen LogP contribution >= 0.6 is 0 Å². The maximum atomic E-state index is 12.4. The molecule has 0 radical (unpaired) electrons. The van der Waals surface area contributed by atoms with Gasteiger partial charge >= 0.3 is 6.18 Å². The van der Waals surface area contributed by atoms with Gasteiger partial charge in [-0.3, -0.25) is 4.90 Å². The van der Waals surface area contributed by atoms with Gasteiger partial charge in [-0.25, -0.2) is 0 Å². The van der Waals surface area contributed by atoms with E-state index in [1.54, 1.807) is 0 Å². The van der Waals surface area contributed by atoms with E-state index in [9.17, 15) is 13.2 Å². The predicted octanol–water partition coefficient (Wildman–Crippen LogP) is 3.18. The summed E-state index contributed by atoms with van der Waals surface area (Å²) in [7, 11) is 0.